The van der Waals surface area contributed by atoms with Crippen LogP contribution in [0.5, 0.6) is 0 Å². The van der Waals surface area contributed by atoms with Crippen molar-refractivity contribution in [2.45, 2.75) is 19.9 Å². The van der Waals surface area contributed by atoms with Crippen LogP contribution in [0.25, 0.3) is 0 Å². The zero-order valence-corrected chi connectivity index (χ0v) is 10.4. The summed E-state index contributed by atoms with van der Waals surface area (Å²) in [6.07, 6.45) is 0. The van der Waals surface area contributed by atoms with Crippen LogP contribution in [-0.4, -0.2) is 42.4 Å². The van der Waals surface area contributed by atoms with Crippen LogP contribution in [0, 0.1) is 0 Å². The Hall–Kier alpha value is -1.69. The van der Waals surface area contributed by atoms with Crippen molar-refractivity contribution in [2.24, 2.45) is 0 Å². The van der Waals surface area contributed by atoms with E-state index in [0.717, 1.165) is 0 Å². The zero-order chi connectivity index (χ0) is 12.7. The molecule has 94 valence electrons. The van der Waals surface area contributed by atoms with E-state index in [-0.39, 0.29) is 11.9 Å². The maximum Gasteiger partial charge on any atom is 0.272 e. The van der Waals surface area contributed by atoms with E-state index in [2.05, 4.69) is 20.8 Å². The number of hydrogen-bond donors (Lipinski definition) is 2. The lowest BCUT2D eigenvalue weighted by atomic mass is 10.3. The van der Waals surface area contributed by atoms with Crippen molar-refractivity contribution in [1.82, 2.24) is 15.5 Å². The van der Waals surface area contributed by atoms with E-state index in [9.17, 15) is 4.79 Å². The van der Waals surface area contributed by atoms with Crippen molar-refractivity contribution in [3.05, 3.63) is 17.8 Å². The number of rotatable bonds is 6. The van der Waals surface area contributed by atoms with E-state index in [1.807, 2.05) is 13.8 Å². The quantitative estimate of drug-likeness (QED) is 0.762. The predicted octanol–water partition coefficient (Wildman–Crippen LogP) is 0.673. The number of nitrogens with one attached hydrogen (secondary N) is 2. The number of ether oxygens (including phenoxy) is 1. The zero-order valence-electron chi connectivity index (χ0n) is 10.4. The van der Waals surface area contributed by atoms with Gasteiger partial charge in [-0.2, -0.15) is 0 Å². The summed E-state index contributed by atoms with van der Waals surface area (Å²) in [5, 5.41) is 13.3. The van der Waals surface area contributed by atoms with Gasteiger partial charge >= 0.3 is 0 Å². The second-order valence-corrected chi connectivity index (χ2v) is 3.59. The molecule has 1 aromatic heterocycles. The minimum absolute atomic E-state index is 0.0479. The van der Waals surface area contributed by atoms with Gasteiger partial charge in [-0.25, -0.2) is 0 Å². The van der Waals surface area contributed by atoms with E-state index in [1.54, 1.807) is 19.2 Å². The average molecular weight is 238 g/mol. The van der Waals surface area contributed by atoms with Gasteiger partial charge in [-0.1, -0.05) is 0 Å². The molecule has 6 nitrogen and oxygen atoms in total. The molecule has 0 aliphatic heterocycles. The van der Waals surface area contributed by atoms with Gasteiger partial charge in [-0.05, 0) is 26.0 Å². The number of carbonyl (C=O) groups excluding carboxylic acids is 1. The van der Waals surface area contributed by atoms with Crippen molar-refractivity contribution in [3.63, 3.8) is 0 Å². The van der Waals surface area contributed by atoms with Gasteiger partial charge in [-0.15, -0.1) is 10.2 Å². The first-order chi connectivity index (χ1) is 8.17. The van der Waals surface area contributed by atoms with Crippen molar-refractivity contribution >= 4 is 11.7 Å². The number of aromatic nitrogens is 2. The third-order valence-corrected chi connectivity index (χ3v) is 2.10. The Morgan fingerprint density at radius 1 is 1.47 bits per heavy atom. The summed E-state index contributed by atoms with van der Waals surface area (Å²) in [4.78, 5) is 11.7. The fourth-order valence-corrected chi connectivity index (χ4v) is 1.22. The van der Waals surface area contributed by atoms with Gasteiger partial charge < -0.3 is 15.4 Å². The molecule has 0 radical (unpaired) electrons. The second kappa shape index (κ2) is 6.80. The Bertz CT molecular complexity index is 353. The molecule has 1 rings (SSSR count). The molecule has 0 saturated heterocycles. The summed E-state index contributed by atoms with van der Waals surface area (Å²) in [6, 6.07) is 3.28. The van der Waals surface area contributed by atoms with Crippen LogP contribution < -0.4 is 10.6 Å². The van der Waals surface area contributed by atoms with Gasteiger partial charge in [-0.3, -0.25) is 4.79 Å². The van der Waals surface area contributed by atoms with Crippen LogP contribution in [0.4, 0.5) is 5.82 Å². The van der Waals surface area contributed by atoms with Crippen LogP contribution >= 0.6 is 0 Å². The van der Waals surface area contributed by atoms with Crippen molar-refractivity contribution < 1.29 is 9.53 Å². The number of hydrogen-bond acceptors (Lipinski definition) is 5. The van der Waals surface area contributed by atoms with E-state index in [4.69, 9.17) is 4.74 Å². The molecule has 1 amide bonds. The highest BCUT2D eigenvalue weighted by molar-refractivity contribution is 5.92. The van der Waals surface area contributed by atoms with Gasteiger partial charge in [0.25, 0.3) is 5.91 Å². The third kappa shape index (κ3) is 4.36. The Labute approximate surface area is 101 Å². The van der Waals surface area contributed by atoms with Crippen LogP contribution in [0.15, 0.2) is 12.1 Å². The number of nitrogens with zero attached hydrogens (tertiary/aromatic N) is 2. The summed E-state index contributed by atoms with van der Waals surface area (Å²) in [7, 11) is 1.74. The lowest BCUT2D eigenvalue weighted by Gasteiger charge is -2.12. The van der Waals surface area contributed by atoms with E-state index < -0.39 is 0 Å². The van der Waals surface area contributed by atoms with Crippen molar-refractivity contribution in [1.29, 1.82) is 0 Å². The van der Waals surface area contributed by atoms with Crippen molar-refractivity contribution in [2.75, 3.05) is 25.6 Å². The SMILES string of the molecule is CCOCC(C)NC(=O)c1ccc(NC)nn1. The van der Waals surface area contributed by atoms with Crippen LogP contribution in [0.2, 0.25) is 0 Å². The summed E-state index contributed by atoms with van der Waals surface area (Å²) < 4.78 is 5.21. The molecule has 0 aliphatic carbocycles. The van der Waals surface area contributed by atoms with Gasteiger partial charge in [0.1, 0.15) is 5.82 Å². The third-order valence-electron chi connectivity index (χ3n) is 2.10. The van der Waals surface area contributed by atoms with Gasteiger partial charge in [0.2, 0.25) is 0 Å². The average Bonchev–Trinajstić information content (AvgIpc) is 2.36. The molecule has 2 N–H and O–H groups in total. The highest BCUT2D eigenvalue weighted by Crippen LogP contribution is 2.00. The highest BCUT2D eigenvalue weighted by Gasteiger charge is 2.11. The summed E-state index contributed by atoms with van der Waals surface area (Å²) >= 11 is 0. The normalized spacial score (nSPS) is 11.9. The Balaban J connectivity index is 2.51. The molecule has 0 fully saturated rings. The lowest BCUT2D eigenvalue weighted by Crippen LogP contribution is -2.36. The monoisotopic (exact) mass is 238 g/mol. The van der Waals surface area contributed by atoms with Crippen LogP contribution in [-0.2, 0) is 4.74 Å². The first-order valence-corrected chi connectivity index (χ1v) is 5.57. The molecule has 1 heterocycles. The molecule has 1 aromatic rings. The minimum atomic E-state index is -0.243. The van der Waals surface area contributed by atoms with Crippen LogP contribution in [0.3, 0.4) is 0 Å². The molecule has 1 unspecified atom stereocenters. The van der Waals surface area contributed by atoms with Crippen LogP contribution in [0.1, 0.15) is 24.3 Å². The van der Waals surface area contributed by atoms with E-state index in [1.165, 1.54) is 0 Å². The smallest absolute Gasteiger partial charge is 0.272 e. The number of carbonyl (C=O) groups is 1. The molecule has 0 bridgehead atoms. The number of amides is 1. The van der Waals surface area contributed by atoms with Gasteiger partial charge in [0.05, 0.1) is 6.61 Å². The fraction of sp³-hybridized carbons (Fsp3) is 0.545. The Morgan fingerprint density at radius 3 is 2.76 bits per heavy atom. The summed E-state index contributed by atoms with van der Waals surface area (Å²) in [5.74, 6) is 0.385. The highest BCUT2D eigenvalue weighted by atomic mass is 16.5. The molecule has 1 atom stereocenters. The molecule has 0 spiro atoms. The maximum atomic E-state index is 11.7. The van der Waals surface area contributed by atoms with Crippen molar-refractivity contribution in [3.8, 4) is 0 Å². The van der Waals surface area contributed by atoms with Gasteiger partial charge in [0, 0.05) is 19.7 Å². The predicted molar refractivity (Wildman–Crippen MR) is 65.0 cm³/mol. The first-order valence-electron chi connectivity index (χ1n) is 5.57. The summed E-state index contributed by atoms with van der Waals surface area (Å²) in [5.41, 5.74) is 0.298. The lowest BCUT2D eigenvalue weighted by molar-refractivity contribution is 0.0866. The van der Waals surface area contributed by atoms with Gasteiger partial charge in [0.15, 0.2) is 5.69 Å². The molecular formula is C11H18N4O2. The van der Waals surface area contributed by atoms with E-state index in [0.29, 0.717) is 24.7 Å². The largest absolute Gasteiger partial charge is 0.380 e. The molecule has 0 aliphatic rings. The molecule has 0 saturated carbocycles. The molecule has 6 heteroatoms. The van der Waals surface area contributed by atoms with E-state index >= 15 is 0 Å². The standard InChI is InChI=1S/C11H18N4O2/c1-4-17-7-8(2)13-11(16)9-5-6-10(12-3)15-14-9/h5-6,8H,4,7H2,1-3H3,(H,12,15)(H,13,16). The summed E-state index contributed by atoms with van der Waals surface area (Å²) in [6.45, 7) is 4.92. The molecular weight excluding hydrogens is 220 g/mol. The topological polar surface area (TPSA) is 76.1 Å². The minimum Gasteiger partial charge on any atom is -0.380 e. The first kappa shape index (κ1) is 13.4. The second-order valence-electron chi connectivity index (χ2n) is 3.59. The maximum absolute atomic E-state index is 11.7. The molecule has 17 heavy (non-hydrogen) atoms. The fourth-order valence-electron chi connectivity index (χ4n) is 1.22. The molecule has 0 aromatic carbocycles. The number of anilines is 1. The Morgan fingerprint density at radius 2 is 2.24 bits per heavy atom. The Kier molecular flexibility index (Phi) is 5.35.